The molecular weight excluding hydrogens is 372 g/mol. The normalized spacial score (nSPS) is 19.9. The molecule has 5 rings (SSSR count). The third-order valence-corrected chi connectivity index (χ3v) is 6.43. The zero-order valence-electron chi connectivity index (χ0n) is 16.9. The predicted molar refractivity (Wildman–Crippen MR) is 117 cm³/mol. The first-order valence-corrected chi connectivity index (χ1v) is 10.6. The summed E-state index contributed by atoms with van der Waals surface area (Å²) in [5.74, 6) is 0.863. The fourth-order valence-corrected chi connectivity index (χ4v) is 4.79. The Morgan fingerprint density at radius 1 is 1.03 bits per heavy atom. The van der Waals surface area contributed by atoms with Crippen molar-refractivity contribution >= 4 is 22.5 Å². The Hall–Kier alpha value is -3.23. The Morgan fingerprint density at radius 3 is 2.73 bits per heavy atom. The van der Waals surface area contributed by atoms with Crippen LogP contribution in [-0.4, -0.2) is 41.5 Å². The van der Waals surface area contributed by atoms with Crippen LogP contribution < -0.4 is 4.90 Å². The minimum atomic E-state index is 0.119. The monoisotopic (exact) mass is 396 g/mol. The van der Waals surface area contributed by atoms with Crippen LogP contribution in [0.2, 0.25) is 0 Å². The number of hydrogen-bond acceptors (Lipinski definition) is 4. The largest absolute Gasteiger partial charge is 0.294 e. The summed E-state index contributed by atoms with van der Waals surface area (Å²) in [7, 11) is 0. The number of rotatable bonds is 2. The summed E-state index contributed by atoms with van der Waals surface area (Å²) >= 11 is 0. The second-order valence-corrected chi connectivity index (χ2v) is 8.25. The van der Waals surface area contributed by atoms with Crippen LogP contribution in [0.5, 0.6) is 0 Å². The van der Waals surface area contributed by atoms with E-state index in [1.54, 1.807) is 0 Å². The molecule has 0 bridgehead atoms. The van der Waals surface area contributed by atoms with Crippen molar-refractivity contribution in [2.45, 2.75) is 31.7 Å². The molecule has 1 unspecified atom stereocenters. The van der Waals surface area contributed by atoms with Crippen LogP contribution in [0.4, 0.5) is 5.82 Å². The van der Waals surface area contributed by atoms with E-state index in [1.807, 2.05) is 47.5 Å². The molecule has 2 aliphatic rings. The van der Waals surface area contributed by atoms with Gasteiger partial charge >= 0.3 is 0 Å². The van der Waals surface area contributed by atoms with E-state index in [0.717, 1.165) is 54.4 Å². The Labute approximate surface area is 176 Å². The van der Waals surface area contributed by atoms with Gasteiger partial charge in [0.2, 0.25) is 5.91 Å². The molecule has 3 aromatic rings. The van der Waals surface area contributed by atoms with E-state index in [0.29, 0.717) is 19.1 Å². The Morgan fingerprint density at radius 2 is 1.90 bits per heavy atom. The number of aromatic nitrogens is 1. The van der Waals surface area contributed by atoms with E-state index < -0.39 is 0 Å². The molecule has 1 saturated heterocycles. The lowest BCUT2D eigenvalue weighted by molar-refractivity contribution is -0.122. The van der Waals surface area contributed by atoms with Crippen LogP contribution in [0.3, 0.4) is 0 Å². The van der Waals surface area contributed by atoms with Crippen molar-refractivity contribution in [3.05, 3.63) is 71.4 Å². The minimum absolute atomic E-state index is 0.119. The second-order valence-electron chi connectivity index (χ2n) is 8.25. The van der Waals surface area contributed by atoms with Crippen molar-refractivity contribution < 1.29 is 4.79 Å². The zero-order chi connectivity index (χ0) is 20.5. The standard InChI is InChI=1S/C25H24N4O/c26-15-18-8-9-21-13-23(7-3-6-19(21)12-18)28-10-11-29(25(30)17-28)24-14-20-4-1-2-5-22(20)16-27-24/h1-2,4-5,8-9,12,14,16,23H,3,6-7,10-11,13,17H2. The first-order chi connectivity index (χ1) is 14.7. The van der Waals surface area contributed by atoms with Gasteiger partial charge in [0.25, 0.3) is 0 Å². The van der Waals surface area contributed by atoms with Crippen molar-refractivity contribution in [1.29, 1.82) is 5.26 Å². The molecule has 1 aliphatic carbocycles. The summed E-state index contributed by atoms with van der Waals surface area (Å²) in [5, 5.41) is 11.4. The maximum Gasteiger partial charge on any atom is 0.242 e. The maximum atomic E-state index is 13.0. The smallest absolute Gasteiger partial charge is 0.242 e. The number of aryl methyl sites for hydroxylation is 1. The first-order valence-electron chi connectivity index (χ1n) is 10.6. The van der Waals surface area contributed by atoms with E-state index in [9.17, 15) is 4.79 Å². The fraction of sp³-hybridized carbons (Fsp3) is 0.320. The van der Waals surface area contributed by atoms with Crippen LogP contribution in [0.25, 0.3) is 10.8 Å². The quantitative estimate of drug-likeness (QED) is 0.620. The predicted octanol–water partition coefficient (Wildman–Crippen LogP) is 3.70. The number of fused-ring (bicyclic) bond motifs is 2. The van der Waals surface area contributed by atoms with Crippen molar-refractivity contribution in [2.24, 2.45) is 0 Å². The molecule has 0 saturated carbocycles. The van der Waals surface area contributed by atoms with Gasteiger partial charge in [0.15, 0.2) is 0 Å². The molecule has 0 radical (unpaired) electrons. The summed E-state index contributed by atoms with van der Waals surface area (Å²) in [4.78, 5) is 21.7. The van der Waals surface area contributed by atoms with Crippen LogP contribution >= 0.6 is 0 Å². The molecule has 1 aromatic heterocycles. The van der Waals surface area contributed by atoms with Gasteiger partial charge in [-0.3, -0.25) is 14.6 Å². The van der Waals surface area contributed by atoms with Crippen LogP contribution in [0, 0.1) is 11.3 Å². The number of benzene rings is 2. The maximum absolute atomic E-state index is 13.0. The number of nitrogens with zero attached hydrogens (tertiary/aromatic N) is 4. The van der Waals surface area contributed by atoms with Crippen molar-refractivity contribution in [3.8, 4) is 6.07 Å². The Balaban J connectivity index is 1.31. The van der Waals surface area contributed by atoms with E-state index in [1.165, 1.54) is 11.1 Å². The van der Waals surface area contributed by atoms with E-state index >= 15 is 0 Å². The Bertz CT molecular complexity index is 1150. The topological polar surface area (TPSA) is 60.2 Å². The minimum Gasteiger partial charge on any atom is -0.294 e. The number of hydrogen-bond donors (Lipinski definition) is 0. The highest BCUT2D eigenvalue weighted by molar-refractivity contribution is 5.96. The molecule has 0 N–H and O–H groups in total. The third kappa shape index (κ3) is 3.55. The second kappa shape index (κ2) is 7.89. The van der Waals surface area contributed by atoms with Crippen molar-refractivity contribution in [3.63, 3.8) is 0 Å². The molecule has 2 aromatic carbocycles. The average Bonchev–Trinajstić information content (AvgIpc) is 3.00. The molecule has 0 spiro atoms. The zero-order valence-corrected chi connectivity index (χ0v) is 16.9. The van der Waals surface area contributed by atoms with Crippen molar-refractivity contribution in [1.82, 2.24) is 9.88 Å². The lowest BCUT2D eigenvalue weighted by Crippen LogP contribution is -2.54. The van der Waals surface area contributed by atoms with Gasteiger partial charge in [-0.1, -0.05) is 30.3 Å². The number of nitriles is 1. The highest BCUT2D eigenvalue weighted by Gasteiger charge is 2.31. The number of carbonyl (C=O) groups is 1. The molecular formula is C25H24N4O. The lowest BCUT2D eigenvalue weighted by Gasteiger charge is -2.38. The summed E-state index contributed by atoms with van der Waals surface area (Å²) in [6.07, 6.45) is 5.98. The highest BCUT2D eigenvalue weighted by atomic mass is 16.2. The summed E-state index contributed by atoms with van der Waals surface area (Å²) in [6, 6.07) is 18.8. The molecule has 30 heavy (non-hydrogen) atoms. The number of carbonyl (C=O) groups excluding carboxylic acids is 1. The summed E-state index contributed by atoms with van der Waals surface area (Å²) < 4.78 is 0. The van der Waals surface area contributed by atoms with Crippen LogP contribution in [0.1, 0.15) is 29.5 Å². The van der Waals surface area contributed by atoms with Crippen molar-refractivity contribution in [2.75, 3.05) is 24.5 Å². The van der Waals surface area contributed by atoms with Gasteiger partial charge in [-0.15, -0.1) is 0 Å². The van der Waals surface area contributed by atoms with E-state index in [-0.39, 0.29) is 5.91 Å². The Kier molecular flexibility index (Phi) is 4.94. The first kappa shape index (κ1) is 18.8. The van der Waals surface area contributed by atoms with Gasteiger partial charge in [-0.25, -0.2) is 4.98 Å². The molecule has 1 aliphatic heterocycles. The van der Waals surface area contributed by atoms with Crippen LogP contribution in [0.15, 0.2) is 54.7 Å². The molecule has 1 atom stereocenters. The molecule has 1 amide bonds. The van der Waals surface area contributed by atoms with Gasteiger partial charge in [-0.05, 0) is 60.4 Å². The molecule has 150 valence electrons. The summed E-state index contributed by atoms with van der Waals surface area (Å²) in [5.41, 5.74) is 3.35. The highest BCUT2D eigenvalue weighted by Crippen LogP contribution is 2.27. The summed E-state index contributed by atoms with van der Waals surface area (Å²) in [6.45, 7) is 1.96. The van der Waals surface area contributed by atoms with Gasteiger partial charge in [0.1, 0.15) is 5.82 Å². The van der Waals surface area contributed by atoms with Gasteiger partial charge in [-0.2, -0.15) is 5.26 Å². The molecule has 2 heterocycles. The number of pyridine rings is 1. The number of amides is 1. The van der Waals surface area contributed by atoms with E-state index in [4.69, 9.17) is 5.26 Å². The van der Waals surface area contributed by atoms with Gasteiger partial charge < -0.3 is 0 Å². The number of anilines is 1. The van der Waals surface area contributed by atoms with Gasteiger partial charge in [0, 0.05) is 30.7 Å². The lowest BCUT2D eigenvalue weighted by atomic mass is 9.98. The SMILES string of the molecule is N#Cc1ccc2c(c1)CCCC(N1CCN(c3cc4ccccc4cn3)C(=O)C1)C2. The fourth-order valence-electron chi connectivity index (χ4n) is 4.79. The molecule has 5 heteroatoms. The van der Waals surface area contributed by atoms with E-state index in [2.05, 4.69) is 28.1 Å². The third-order valence-electron chi connectivity index (χ3n) is 6.43. The number of piperazine rings is 1. The van der Waals surface area contributed by atoms with Crippen LogP contribution in [-0.2, 0) is 17.6 Å². The average molecular weight is 396 g/mol. The molecule has 1 fully saturated rings. The van der Waals surface area contributed by atoms with Gasteiger partial charge in [0.05, 0.1) is 18.2 Å². The molecule has 5 nitrogen and oxygen atoms in total.